The molecule has 0 aromatic carbocycles. The number of ether oxygens (including phenoxy) is 1. The summed E-state index contributed by atoms with van der Waals surface area (Å²) in [5, 5.41) is 15.5. The third kappa shape index (κ3) is 1.63. The highest BCUT2D eigenvalue weighted by molar-refractivity contribution is 5.71. The lowest BCUT2D eigenvalue weighted by molar-refractivity contribution is -0.152. The number of carboxylic acid groups (broad SMARTS) is 1. The number of carbonyl (C=O) groups is 1. The molecule has 2 N–H and O–H groups in total. The molecule has 5 nitrogen and oxygen atoms in total. The summed E-state index contributed by atoms with van der Waals surface area (Å²) in [6.07, 6.45) is 2.70. The quantitative estimate of drug-likeness (QED) is 0.738. The van der Waals surface area contributed by atoms with E-state index in [4.69, 9.17) is 9.84 Å². The maximum atomic E-state index is 10.9. The summed E-state index contributed by atoms with van der Waals surface area (Å²) in [7, 11) is 0. The van der Waals surface area contributed by atoms with Crippen LogP contribution in [0.25, 0.3) is 0 Å². The summed E-state index contributed by atoms with van der Waals surface area (Å²) in [5.41, 5.74) is 0.747. The molecule has 1 aliphatic rings. The van der Waals surface area contributed by atoms with Crippen molar-refractivity contribution >= 4 is 5.97 Å². The van der Waals surface area contributed by atoms with E-state index in [0.29, 0.717) is 13.0 Å². The van der Waals surface area contributed by atoms with Crippen LogP contribution >= 0.6 is 0 Å². The highest BCUT2D eigenvalue weighted by atomic mass is 16.5. The van der Waals surface area contributed by atoms with Gasteiger partial charge in [-0.1, -0.05) is 0 Å². The SMILES string of the molecule is O=C(O)[C@@H]1CCCO[C@H]1c1ccn[nH]1. The molecule has 1 aromatic heterocycles. The van der Waals surface area contributed by atoms with Crippen LogP contribution in [-0.2, 0) is 9.53 Å². The molecular formula is C9H12N2O3. The highest BCUT2D eigenvalue weighted by Gasteiger charge is 2.33. The van der Waals surface area contributed by atoms with Gasteiger partial charge in [0.1, 0.15) is 6.10 Å². The average molecular weight is 196 g/mol. The van der Waals surface area contributed by atoms with Crippen LogP contribution in [0.3, 0.4) is 0 Å². The van der Waals surface area contributed by atoms with Crippen LogP contribution in [0.5, 0.6) is 0 Å². The van der Waals surface area contributed by atoms with Crippen molar-refractivity contribution in [2.45, 2.75) is 18.9 Å². The van der Waals surface area contributed by atoms with Crippen molar-refractivity contribution in [3.63, 3.8) is 0 Å². The molecule has 0 spiro atoms. The molecule has 0 bridgehead atoms. The molecule has 1 saturated heterocycles. The van der Waals surface area contributed by atoms with E-state index in [0.717, 1.165) is 12.1 Å². The molecule has 1 aliphatic heterocycles. The smallest absolute Gasteiger partial charge is 0.309 e. The third-order valence-corrected chi connectivity index (χ3v) is 2.47. The van der Waals surface area contributed by atoms with Crippen LogP contribution in [0.1, 0.15) is 24.6 Å². The Balaban J connectivity index is 2.18. The first kappa shape index (κ1) is 9.21. The molecule has 2 rings (SSSR count). The van der Waals surface area contributed by atoms with Gasteiger partial charge in [-0.05, 0) is 18.9 Å². The van der Waals surface area contributed by atoms with E-state index in [9.17, 15) is 4.79 Å². The lowest BCUT2D eigenvalue weighted by Gasteiger charge is -2.27. The number of hydrogen-bond donors (Lipinski definition) is 2. The first-order chi connectivity index (χ1) is 6.79. The number of aromatic amines is 1. The summed E-state index contributed by atoms with van der Waals surface area (Å²) in [4.78, 5) is 10.9. The fourth-order valence-electron chi connectivity index (χ4n) is 1.77. The molecule has 76 valence electrons. The molecule has 0 unspecified atom stereocenters. The summed E-state index contributed by atoms with van der Waals surface area (Å²) in [6.45, 7) is 0.619. The molecule has 1 aromatic rings. The minimum Gasteiger partial charge on any atom is -0.481 e. The van der Waals surface area contributed by atoms with Gasteiger partial charge in [-0.2, -0.15) is 5.10 Å². The Morgan fingerprint density at radius 3 is 3.21 bits per heavy atom. The van der Waals surface area contributed by atoms with Crippen LogP contribution in [0.2, 0.25) is 0 Å². The van der Waals surface area contributed by atoms with Gasteiger partial charge in [0.2, 0.25) is 0 Å². The molecule has 14 heavy (non-hydrogen) atoms. The summed E-state index contributed by atoms with van der Waals surface area (Å²) >= 11 is 0. The van der Waals surface area contributed by atoms with Crippen molar-refractivity contribution in [2.24, 2.45) is 5.92 Å². The second-order valence-electron chi connectivity index (χ2n) is 3.39. The van der Waals surface area contributed by atoms with Crippen LogP contribution in [-0.4, -0.2) is 27.9 Å². The second kappa shape index (κ2) is 3.79. The number of nitrogens with one attached hydrogen (secondary N) is 1. The fraction of sp³-hybridized carbons (Fsp3) is 0.556. The van der Waals surface area contributed by atoms with Crippen LogP contribution in [0.15, 0.2) is 12.3 Å². The zero-order valence-corrected chi connectivity index (χ0v) is 7.64. The van der Waals surface area contributed by atoms with Crippen LogP contribution in [0, 0.1) is 5.92 Å². The van der Waals surface area contributed by atoms with E-state index in [-0.39, 0.29) is 6.10 Å². The Kier molecular flexibility index (Phi) is 2.49. The van der Waals surface area contributed by atoms with E-state index in [2.05, 4.69) is 10.2 Å². The Hall–Kier alpha value is -1.36. The van der Waals surface area contributed by atoms with E-state index >= 15 is 0 Å². The van der Waals surface area contributed by atoms with Gasteiger partial charge in [-0.15, -0.1) is 0 Å². The Bertz CT molecular complexity index is 310. The monoisotopic (exact) mass is 196 g/mol. The van der Waals surface area contributed by atoms with Crippen molar-refractivity contribution in [2.75, 3.05) is 6.61 Å². The van der Waals surface area contributed by atoms with Crippen LogP contribution in [0.4, 0.5) is 0 Å². The van der Waals surface area contributed by atoms with Gasteiger partial charge in [0.25, 0.3) is 0 Å². The number of hydrogen-bond acceptors (Lipinski definition) is 3. The minimum atomic E-state index is -0.802. The Labute approximate surface area is 81.1 Å². The number of nitrogens with zero attached hydrogens (tertiary/aromatic N) is 1. The Morgan fingerprint density at radius 2 is 2.57 bits per heavy atom. The van der Waals surface area contributed by atoms with Crippen molar-refractivity contribution in [3.8, 4) is 0 Å². The van der Waals surface area contributed by atoms with E-state index in [1.54, 1.807) is 12.3 Å². The van der Waals surface area contributed by atoms with Crippen molar-refractivity contribution in [1.29, 1.82) is 0 Å². The molecule has 1 fully saturated rings. The van der Waals surface area contributed by atoms with Crippen molar-refractivity contribution in [3.05, 3.63) is 18.0 Å². The molecule has 0 aliphatic carbocycles. The van der Waals surface area contributed by atoms with Gasteiger partial charge in [0.05, 0.1) is 11.6 Å². The molecular weight excluding hydrogens is 184 g/mol. The molecule has 5 heteroatoms. The first-order valence-corrected chi connectivity index (χ1v) is 4.62. The molecule has 2 heterocycles. The third-order valence-electron chi connectivity index (χ3n) is 2.47. The second-order valence-corrected chi connectivity index (χ2v) is 3.39. The number of rotatable bonds is 2. The van der Waals surface area contributed by atoms with Gasteiger partial charge >= 0.3 is 5.97 Å². The van der Waals surface area contributed by atoms with Gasteiger partial charge in [-0.3, -0.25) is 9.89 Å². The van der Waals surface area contributed by atoms with Gasteiger partial charge in [0, 0.05) is 12.8 Å². The number of H-pyrrole nitrogens is 1. The fourth-order valence-corrected chi connectivity index (χ4v) is 1.77. The minimum absolute atomic E-state index is 0.372. The summed E-state index contributed by atoms with van der Waals surface area (Å²) in [5.74, 6) is -1.26. The lowest BCUT2D eigenvalue weighted by Crippen LogP contribution is -2.29. The average Bonchev–Trinajstić information content (AvgIpc) is 2.70. The predicted molar refractivity (Wildman–Crippen MR) is 47.6 cm³/mol. The van der Waals surface area contributed by atoms with Gasteiger partial charge < -0.3 is 9.84 Å². The number of aliphatic carboxylic acids is 1. The van der Waals surface area contributed by atoms with Gasteiger partial charge in [0.15, 0.2) is 0 Å². The maximum Gasteiger partial charge on any atom is 0.309 e. The standard InChI is InChI=1S/C9H12N2O3/c12-9(13)6-2-1-5-14-8(6)7-3-4-10-11-7/h3-4,6,8H,1-2,5H2,(H,10,11)(H,12,13)/t6-,8-/m1/s1. The molecule has 2 atom stereocenters. The van der Waals surface area contributed by atoms with Crippen molar-refractivity contribution < 1.29 is 14.6 Å². The number of carboxylic acids is 1. The highest BCUT2D eigenvalue weighted by Crippen LogP contribution is 2.32. The topological polar surface area (TPSA) is 75.2 Å². The normalized spacial score (nSPS) is 27.4. The maximum absolute atomic E-state index is 10.9. The van der Waals surface area contributed by atoms with E-state index < -0.39 is 11.9 Å². The van der Waals surface area contributed by atoms with Gasteiger partial charge in [-0.25, -0.2) is 0 Å². The molecule has 0 saturated carbocycles. The van der Waals surface area contributed by atoms with E-state index in [1.165, 1.54) is 0 Å². The Morgan fingerprint density at radius 1 is 1.71 bits per heavy atom. The zero-order chi connectivity index (χ0) is 9.97. The molecule has 0 amide bonds. The first-order valence-electron chi connectivity index (χ1n) is 4.62. The largest absolute Gasteiger partial charge is 0.481 e. The predicted octanol–water partition coefficient (Wildman–Crippen LogP) is 0.962. The lowest BCUT2D eigenvalue weighted by atomic mass is 9.92. The molecule has 0 radical (unpaired) electrons. The summed E-state index contributed by atoms with van der Waals surface area (Å²) < 4.78 is 5.44. The zero-order valence-electron chi connectivity index (χ0n) is 7.64. The number of aromatic nitrogens is 2. The summed E-state index contributed by atoms with van der Waals surface area (Å²) in [6, 6.07) is 1.76. The van der Waals surface area contributed by atoms with E-state index in [1.807, 2.05) is 0 Å². The van der Waals surface area contributed by atoms with Crippen LogP contribution < -0.4 is 0 Å². The van der Waals surface area contributed by atoms with Crippen molar-refractivity contribution in [1.82, 2.24) is 10.2 Å².